The van der Waals surface area contributed by atoms with E-state index in [0.29, 0.717) is 12.4 Å². The molecule has 5 nitrogen and oxygen atoms in total. The van der Waals surface area contributed by atoms with Crippen molar-refractivity contribution in [3.8, 4) is 11.1 Å². The van der Waals surface area contributed by atoms with E-state index in [1.807, 2.05) is 37.3 Å². The fourth-order valence-electron chi connectivity index (χ4n) is 3.23. The summed E-state index contributed by atoms with van der Waals surface area (Å²) in [6.45, 7) is 2.34. The molecule has 0 spiro atoms. The van der Waals surface area contributed by atoms with E-state index in [2.05, 4.69) is 20.6 Å². The first-order valence-corrected chi connectivity index (χ1v) is 10.1. The smallest absolute Gasteiger partial charge is 0.226 e. The summed E-state index contributed by atoms with van der Waals surface area (Å²) in [6, 6.07) is 13.0. The summed E-state index contributed by atoms with van der Waals surface area (Å²) < 4.78 is 26.7. The maximum Gasteiger partial charge on any atom is 0.226 e. The van der Waals surface area contributed by atoms with Crippen molar-refractivity contribution in [2.75, 3.05) is 17.2 Å². The van der Waals surface area contributed by atoms with Crippen molar-refractivity contribution in [3.63, 3.8) is 0 Å². The van der Waals surface area contributed by atoms with E-state index in [9.17, 15) is 13.6 Å². The molecule has 0 bridgehead atoms. The fourth-order valence-corrected chi connectivity index (χ4v) is 4.24. The SMILES string of the molecule is Cc1sc2ncnc(NCCC(=O)Nc3ccc(F)cc3F)c2c1-c1ccccc1. The highest BCUT2D eigenvalue weighted by molar-refractivity contribution is 7.19. The molecule has 0 saturated heterocycles. The summed E-state index contributed by atoms with van der Waals surface area (Å²) in [6.07, 6.45) is 1.58. The van der Waals surface area contributed by atoms with Crippen molar-refractivity contribution >= 4 is 39.0 Å². The van der Waals surface area contributed by atoms with Gasteiger partial charge in [0, 0.05) is 29.5 Å². The molecule has 0 aliphatic heterocycles. The summed E-state index contributed by atoms with van der Waals surface area (Å²) in [5, 5.41) is 6.56. The number of rotatable bonds is 6. The number of anilines is 2. The molecule has 0 radical (unpaired) electrons. The van der Waals surface area contributed by atoms with Crippen molar-refractivity contribution < 1.29 is 13.6 Å². The molecular weight excluding hydrogens is 406 g/mol. The van der Waals surface area contributed by atoms with Gasteiger partial charge in [0.05, 0.1) is 11.1 Å². The number of amides is 1. The standard InChI is InChI=1S/C22H18F2N4OS/c1-13-19(14-5-3-2-4-6-14)20-21(26-12-27-22(20)30-13)25-10-9-18(29)28-17-8-7-15(23)11-16(17)24/h2-8,11-12H,9-10H2,1H3,(H,28,29)(H,25,26,27). The third-order valence-corrected chi connectivity index (χ3v) is 5.59. The van der Waals surface area contributed by atoms with Crippen molar-refractivity contribution in [1.82, 2.24) is 9.97 Å². The number of halogens is 2. The van der Waals surface area contributed by atoms with Crippen molar-refractivity contribution in [2.45, 2.75) is 13.3 Å². The van der Waals surface area contributed by atoms with Crippen LogP contribution in [0.15, 0.2) is 54.9 Å². The van der Waals surface area contributed by atoms with Crippen molar-refractivity contribution in [3.05, 3.63) is 71.4 Å². The minimum Gasteiger partial charge on any atom is -0.369 e. The van der Waals surface area contributed by atoms with Crippen LogP contribution in [0.4, 0.5) is 20.3 Å². The molecule has 0 atom stereocenters. The first kappa shape index (κ1) is 19.9. The van der Waals surface area contributed by atoms with E-state index >= 15 is 0 Å². The number of aryl methyl sites for hydroxylation is 1. The zero-order valence-electron chi connectivity index (χ0n) is 16.1. The van der Waals surface area contributed by atoms with Crippen LogP contribution in [0.5, 0.6) is 0 Å². The number of hydrogen-bond acceptors (Lipinski definition) is 5. The third-order valence-electron chi connectivity index (χ3n) is 4.58. The molecule has 0 saturated carbocycles. The Hall–Kier alpha value is -3.39. The van der Waals surface area contributed by atoms with Crippen LogP contribution in [-0.2, 0) is 4.79 Å². The van der Waals surface area contributed by atoms with E-state index in [1.54, 1.807) is 11.3 Å². The fraction of sp³-hybridized carbons (Fsp3) is 0.136. The highest BCUT2D eigenvalue weighted by Gasteiger charge is 2.16. The number of carbonyl (C=O) groups is 1. The first-order valence-electron chi connectivity index (χ1n) is 9.31. The molecule has 152 valence electrons. The third kappa shape index (κ3) is 4.13. The average Bonchev–Trinajstić information content (AvgIpc) is 3.07. The zero-order chi connectivity index (χ0) is 21.1. The Bertz CT molecular complexity index is 1210. The molecule has 2 heterocycles. The van der Waals surface area contributed by atoms with Gasteiger partial charge in [-0.2, -0.15) is 0 Å². The van der Waals surface area contributed by atoms with Gasteiger partial charge in [-0.05, 0) is 24.6 Å². The molecule has 4 aromatic rings. The molecule has 2 aromatic carbocycles. The van der Waals surface area contributed by atoms with Crippen LogP contribution in [0, 0.1) is 18.6 Å². The van der Waals surface area contributed by atoms with Gasteiger partial charge in [-0.1, -0.05) is 30.3 Å². The Balaban J connectivity index is 1.50. The van der Waals surface area contributed by atoms with Gasteiger partial charge >= 0.3 is 0 Å². The maximum atomic E-state index is 13.7. The van der Waals surface area contributed by atoms with Crippen LogP contribution in [0.1, 0.15) is 11.3 Å². The molecule has 8 heteroatoms. The molecule has 0 aliphatic rings. The summed E-state index contributed by atoms with van der Waals surface area (Å²) in [4.78, 5) is 22.9. The number of fused-ring (bicyclic) bond motifs is 1. The number of benzene rings is 2. The molecule has 2 aromatic heterocycles. The number of carbonyl (C=O) groups excluding carboxylic acids is 1. The maximum absolute atomic E-state index is 13.7. The minimum atomic E-state index is -0.810. The number of nitrogens with one attached hydrogen (secondary N) is 2. The minimum absolute atomic E-state index is 0.0503. The average molecular weight is 424 g/mol. The Kier molecular flexibility index (Phi) is 5.67. The second kappa shape index (κ2) is 8.54. The monoisotopic (exact) mass is 424 g/mol. The lowest BCUT2D eigenvalue weighted by Gasteiger charge is -2.10. The topological polar surface area (TPSA) is 66.9 Å². The molecule has 4 rings (SSSR count). The van der Waals surface area contributed by atoms with Gasteiger partial charge in [0.2, 0.25) is 5.91 Å². The van der Waals surface area contributed by atoms with Crippen LogP contribution in [-0.4, -0.2) is 22.4 Å². The van der Waals surface area contributed by atoms with E-state index in [4.69, 9.17) is 0 Å². The van der Waals surface area contributed by atoms with E-state index in [-0.39, 0.29) is 18.0 Å². The van der Waals surface area contributed by atoms with Crippen LogP contribution in [0.25, 0.3) is 21.3 Å². The van der Waals surface area contributed by atoms with Gasteiger partial charge in [0.1, 0.15) is 28.6 Å². The van der Waals surface area contributed by atoms with Gasteiger partial charge in [-0.3, -0.25) is 4.79 Å². The number of hydrogen-bond donors (Lipinski definition) is 2. The first-order chi connectivity index (χ1) is 14.5. The van der Waals surface area contributed by atoms with Gasteiger partial charge in [-0.25, -0.2) is 18.7 Å². The number of aromatic nitrogens is 2. The van der Waals surface area contributed by atoms with Crippen LogP contribution < -0.4 is 10.6 Å². The number of nitrogens with zero attached hydrogens (tertiary/aromatic N) is 2. The quantitative estimate of drug-likeness (QED) is 0.436. The molecule has 2 N–H and O–H groups in total. The Morgan fingerprint density at radius 2 is 1.90 bits per heavy atom. The van der Waals surface area contributed by atoms with Crippen LogP contribution >= 0.6 is 11.3 Å². The summed E-state index contributed by atoms with van der Waals surface area (Å²) in [5.41, 5.74) is 2.09. The van der Waals surface area contributed by atoms with Crippen molar-refractivity contribution in [1.29, 1.82) is 0 Å². The van der Waals surface area contributed by atoms with E-state index in [1.165, 1.54) is 12.4 Å². The predicted molar refractivity (Wildman–Crippen MR) is 116 cm³/mol. The Morgan fingerprint density at radius 3 is 2.67 bits per heavy atom. The van der Waals surface area contributed by atoms with E-state index in [0.717, 1.165) is 38.4 Å². The summed E-state index contributed by atoms with van der Waals surface area (Å²) >= 11 is 1.59. The lowest BCUT2D eigenvalue weighted by atomic mass is 10.0. The van der Waals surface area contributed by atoms with Gasteiger partial charge < -0.3 is 10.6 Å². The summed E-state index contributed by atoms with van der Waals surface area (Å²) in [5.74, 6) is -1.25. The Morgan fingerprint density at radius 1 is 1.10 bits per heavy atom. The second-order valence-electron chi connectivity index (χ2n) is 6.65. The normalized spacial score (nSPS) is 10.9. The highest BCUT2D eigenvalue weighted by atomic mass is 32.1. The predicted octanol–water partition coefficient (Wildman–Crippen LogP) is 5.39. The Labute approximate surface area is 175 Å². The highest BCUT2D eigenvalue weighted by Crippen LogP contribution is 2.40. The van der Waals surface area contributed by atoms with Crippen molar-refractivity contribution in [2.24, 2.45) is 0 Å². The van der Waals surface area contributed by atoms with Gasteiger partial charge in [0.25, 0.3) is 0 Å². The molecule has 1 amide bonds. The van der Waals surface area contributed by atoms with E-state index < -0.39 is 11.6 Å². The lowest BCUT2D eigenvalue weighted by molar-refractivity contribution is -0.116. The molecule has 30 heavy (non-hydrogen) atoms. The molecule has 0 aliphatic carbocycles. The molecule has 0 unspecified atom stereocenters. The molecule has 0 fully saturated rings. The lowest BCUT2D eigenvalue weighted by Crippen LogP contribution is -2.17. The largest absolute Gasteiger partial charge is 0.369 e. The second-order valence-corrected chi connectivity index (χ2v) is 7.85. The van der Waals surface area contributed by atoms with Gasteiger partial charge in [-0.15, -0.1) is 11.3 Å². The summed E-state index contributed by atoms with van der Waals surface area (Å²) in [7, 11) is 0. The zero-order valence-corrected chi connectivity index (χ0v) is 16.9. The van der Waals surface area contributed by atoms with Crippen LogP contribution in [0.2, 0.25) is 0 Å². The molecular formula is C22H18F2N4OS. The number of thiophene rings is 1. The van der Waals surface area contributed by atoms with Gasteiger partial charge in [0.15, 0.2) is 0 Å². The van der Waals surface area contributed by atoms with Crippen LogP contribution in [0.3, 0.4) is 0 Å².